The van der Waals surface area contributed by atoms with Gasteiger partial charge in [-0.1, -0.05) is 6.07 Å². The maximum absolute atomic E-state index is 12.7. The van der Waals surface area contributed by atoms with E-state index in [-0.39, 0.29) is 14.9 Å². The summed E-state index contributed by atoms with van der Waals surface area (Å²) >= 11 is -5.05. The van der Waals surface area contributed by atoms with Gasteiger partial charge in [0, 0.05) is 11.3 Å². The SMILES string of the molecule is CC(=O)N(c1ccc([As](=O)(O)OO)cc1)S(=O)(=O)c1ccccc1.NC(=O)c1cccc(N)c1. The Balaban J connectivity index is 0.000000340. The van der Waals surface area contributed by atoms with Crippen molar-refractivity contribution in [3.8, 4) is 0 Å². The van der Waals surface area contributed by atoms with Crippen molar-refractivity contribution in [2.75, 3.05) is 10.0 Å². The Morgan fingerprint density at radius 3 is 2.00 bits per heavy atom. The van der Waals surface area contributed by atoms with Crippen LogP contribution in [-0.2, 0) is 22.4 Å². The molecule has 180 valence electrons. The first-order chi connectivity index (χ1) is 15.9. The first kappa shape index (κ1) is 26.8. The quantitative estimate of drug-likeness (QED) is 0.149. The average Bonchev–Trinajstić information content (AvgIpc) is 2.80. The van der Waals surface area contributed by atoms with Crippen LogP contribution in [0.5, 0.6) is 0 Å². The second-order valence-corrected chi connectivity index (χ2v) is 12.1. The molecule has 0 aliphatic carbocycles. The molecular weight excluding hydrogens is 529 g/mol. The van der Waals surface area contributed by atoms with Gasteiger partial charge in [0.25, 0.3) is 0 Å². The van der Waals surface area contributed by atoms with Crippen LogP contribution in [0.1, 0.15) is 17.3 Å². The molecule has 34 heavy (non-hydrogen) atoms. The van der Waals surface area contributed by atoms with Gasteiger partial charge >= 0.3 is 141 Å². The molecule has 0 radical (unpaired) electrons. The topological polar surface area (TPSA) is 190 Å². The molecule has 1 unspecified atom stereocenters. The molecule has 3 aromatic carbocycles. The minimum Gasteiger partial charge on any atom is -0.399 e. The van der Waals surface area contributed by atoms with E-state index in [0.29, 0.717) is 15.6 Å². The van der Waals surface area contributed by atoms with Gasteiger partial charge in [-0.05, 0) is 18.2 Å². The first-order valence-electron chi connectivity index (χ1n) is 9.43. The van der Waals surface area contributed by atoms with E-state index in [9.17, 15) is 25.8 Å². The zero-order valence-corrected chi connectivity index (χ0v) is 20.5. The number of primary amides is 1. The van der Waals surface area contributed by atoms with E-state index in [2.05, 4.69) is 3.88 Å². The normalized spacial score (nSPS) is 12.6. The van der Waals surface area contributed by atoms with Crippen LogP contribution >= 0.6 is 0 Å². The van der Waals surface area contributed by atoms with Crippen molar-refractivity contribution in [2.24, 2.45) is 5.73 Å². The van der Waals surface area contributed by atoms with Gasteiger partial charge in [-0.3, -0.25) is 4.79 Å². The molecule has 6 N–H and O–H groups in total. The van der Waals surface area contributed by atoms with Crippen molar-refractivity contribution in [3.63, 3.8) is 0 Å². The fraction of sp³-hybridized carbons (Fsp3) is 0.0476. The number of anilines is 2. The summed E-state index contributed by atoms with van der Waals surface area (Å²) in [6, 6.07) is 18.5. The number of nitrogen functional groups attached to an aromatic ring is 1. The van der Waals surface area contributed by atoms with Gasteiger partial charge in [-0.2, -0.15) is 0 Å². The molecule has 0 aromatic heterocycles. The van der Waals surface area contributed by atoms with E-state index in [4.69, 9.17) is 16.7 Å². The Labute approximate surface area is 198 Å². The molecule has 0 saturated carbocycles. The van der Waals surface area contributed by atoms with Crippen LogP contribution in [0.25, 0.3) is 0 Å². The summed E-state index contributed by atoms with van der Waals surface area (Å²) in [4.78, 5) is 22.3. The summed E-state index contributed by atoms with van der Waals surface area (Å²) in [5.74, 6) is -1.20. The van der Waals surface area contributed by atoms with E-state index < -0.39 is 36.0 Å². The van der Waals surface area contributed by atoms with E-state index >= 15 is 0 Å². The molecule has 0 bridgehead atoms. The van der Waals surface area contributed by atoms with E-state index in [1.165, 1.54) is 36.4 Å². The number of benzene rings is 3. The van der Waals surface area contributed by atoms with Crippen LogP contribution in [-0.4, -0.2) is 43.8 Å². The van der Waals surface area contributed by atoms with Gasteiger partial charge < -0.3 is 11.5 Å². The molecule has 2 amide bonds. The number of carbonyl (C=O) groups excluding carboxylic acids is 2. The van der Waals surface area contributed by atoms with E-state index in [1.807, 2.05) is 0 Å². The molecule has 0 aliphatic rings. The average molecular weight is 551 g/mol. The van der Waals surface area contributed by atoms with Gasteiger partial charge in [-0.25, -0.2) is 0 Å². The summed E-state index contributed by atoms with van der Waals surface area (Å²) in [6.07, 6.45) is 0. The Kier molecular flexibility index (Phi) is 8.79. The van der Waals surface area contributed by atoms with Crippen molar-refractivity contribution in [3.05, 3.63) is 84.4 Å². The summed E-state index contributed by atoms with van der Waals surface area (Å²) in [6.45, 7) is 1.09. The van der Waals surface area contributed by atoms with Crippen LogP contribution in [0, 0.1) is 0 Å². The molecular formula is C21H22AsN3O8S. The molecule has 3 rings (SSSR count). The van der Waals surface area contributed by atoms with Crippen LogP contribution < -0.4 is 20.1 Å². The molecule has 0 saturated heterocycles. The second kappa shape index (κ2) is 11.1. The molecule has 0 aliphatic heterocycles. The predicted octanol–water partition coefficient (Wildman–Crippen LogP) is 0.854. The van der Waals surface area contributed by atoms with Crippen LogP contribution in [0.4, 0.5) is 11.4 Å². The predicted molar refractivity (Wildman–Crippen MR) is 125 cm³/mol. The molecule has 3 aromatic rings. The van der Waals surface area contributed by atoms with Gasteiger partial charge in [0.2, 0.25) is 5.91 Å². The minimum absolute atomic E-state index is 0.0106. The van der Waals surface area contributed by atoms with E-state index in [0.717, 1.165) is 19.1 Å². The van der Waals surface area contributed by atoms with Crippen molar-refractivity contribution in [1.82, 2.24) is 0 Å². The number of hydrogen-bond donors (Lipinski definition) is 4. The van der Waals surface area contributed by atoms with Crippen LogP contribution in [0.3, 0.4) is 0 Å². The van der Waals surface area contributed by atoms with Gasteiger partial charge in [0.1, 0.15) is 0 Å². The van der Waals surface area contributed by atoms with Crippen molar-refractivity contribution >= 4 is 51.7 Å². The fourth-order valence-corrected chi connectivity index (χ4v) is 5.45. The number of hydrogen-bond acceptors (Lipinski definition) is 8. The molecule has 0 spiro atoms. The molecule has 13 heteroatoms. The smallest absolute Gasteiger partial charge is 0.248 e. The second-order valence-electron chi connectivity index (χ2n) is 6.71. The van der Waals surface area contributed by atoms with Crippen molar-refractivity contribution in [2.45, 2.75) is 11.8 Å². The first-order valence-corrected chi connectivity index (χ1v) is 14.2. The van der Waals surface area contributed by atoms with Crippen molar-refractivity contribution in [1.29, 1.82) is 0 Å². The summed E-state index contributed by atoms with van der Waals surface area (Å²) in [7, 11) is -4.13. The number of rotatable bonds is 6. The van der Waals surface area contributed by atoms with Crippen LogP contribution in [0.2, 0.25) is 0 Å². The van der Waals surface area contributed by atoms with E-state index in [1.54, 1.807) is 30.3 Å². The molecule has 0 fully saturated rings. The van der Waals surface area contributed by atoms with Gasteiger partial charge in [0.05, 0.1) is 0 Å². The maximum Gasteiger partial charge on any atom is 0.248 e. The third-order valence-electron chi connectivity index (χ3n) is 4.26. The standard InChI is InChI=1S/C14H14AsNO7S.C7H8N2O/c1-11(17)16(24(21,22)14-5-3-2-4-6-14)13-9-7-12(8-10-13)15(18,19)23-20;8-6-3-1-2-5(4-6)7(9)10/h2-10,20H,1H3,(H,18,19);1-4H,8H2,(H2,9,10). The monoisotopic (exact) mass is 551 g/mol. The number of carbonyl (C=O) groups is 2. The van der Waals surface area contributed by atoms with Crippen LogP contribution in [0.15, 0.2) is 83.8 Å². The number of nitrogens with two attached hydrogens (primary N) is 2. The zero-order valence-electron chi connectivity index (χ0n) is 17.8. The number of amides is 2. The fourth-order valence-electron chi connectivity index (χ4n) is 2.70. The number of nitrogens with zero attached hydrogens (tertiary/aromatic N) is 1. The largest absolute Gasteiger partial charge is 0.399 e. The van der Waals surface area contributed by atoms with Crippen molar-refractivity contribution < 1.29 is 35.0 Å². The third-order valence-corrected chi connectivity index (χ3v) is 8.54. The molecule has 0 heterocycles. The summed E-state index contributed by atoms with van der Waals surface area (Å²) in [5.41, 5.74) is 11.4. The Hall–Kier alpha value is -3.41. The Morgan fingerprint density at radius 1 is 0.971 bits per heavy atom. The number of sulfonamides is 1. The zero-order chi connectivity index (χ0) is 25.5. The Morgan fingerprint density at radius 2 is 1.56 bits per heavy atom. The van der Waals surface area contributed by atoms with Gasteiger partial charge in [-0.15, -0.1) is 0 Å². The minimum atomic E-state index is -5.05. The third kappa shape index (κ3) is 6.56. The summed E-state index contributed by atoms with van der Waals surface area (Å²) < 4.78 is 50.3. The molecule has 11 nitrogen and oxygen atoms in total. The molecule has 1 atom stereocenters. The summed E-state index contributed by atoms with van der Waals surface area (Å²) in [5, 5.41) is 8.45. The van der Waals surface area contributed by atoms with Gasteiger partial charge in [0.15, 0.2) is 0 Å². The Bertz CT molecular complexity index is 1320. The maximum atomic E-state index is 12.7.